The molecular formula is C59H51NO6. The van der Waals surface area contributed by atoms with E-state index in [1.54, 1.807) is 43.5 Å². The van der Waals surface area contributed by atoms with Crippen LogP contribution in [0.1, 0.15) is 63.1 Å². The van der Waals surface area contributed by atoms with Crippen molar-refractivity contribution >= 4 is 40.8 Å². The van der Waals surface area contributed by atoms with Gasteiger partial charge in [0.2, 0.25) is 0 Å². The molecule has 0 amide bonds. The number of hydrogen-bond acceptors (Lipinski definition) is 7. The number of rotatable bonds is 13. The third kappa shape index (κ3) is 10.3. The maximum atomic E-state index is 12.9. The summed E-state index contributed by atoms with van der Waals surface area (Å²) in [6.07, 6.45) is 1.31. The number of nitrogens with zero attached hydrogens (tertiary/aromatic N) is 1. The highest BCUT2D eigenvalue weighted by Crippen LogP contribution is 2.37. The van der Waals surface area contributed by atoms with Crippen molar-refractivity contribution in [2.45, 2.75) is 33.1 Å². The van der Waals surface area contributed by atoms with Crippen LogP contribution in [0.2, 0.25) is 0 Å². The fourth-order valence-electron chi connectivity index (χ4n) is 7.84. The molecule has 0 aliphatic rings. The number of hydrogen-bond donors (Lipinski definition) is 0. The highest BCUT2D eigenvalue weighted by molar-refractivity contribution is 5.92. The van der Waals surface area contributed by atoms with Gasteiger partial charge in [0.25, 0.3) is 0 Å². The SMILES string of the molecule is COC(=O)c1ccc(C(C)(C)c2ccc(OC(=O)Oc3ccc(C(=Cc4ccc(-c5ccc(N(c6ccc(C)cc6)c6ccc(C)cc6)cc5)cc4)c4ccc(OC)cc4)cc3)cc2)cc1. The van der Waals surface area contributed by atoms with Gasteiger partial charge in [-0.3, -0.25) is 0 Å². The molecule has 0 N–H and O–H groups in total. The summed E-state index contributed by atoms with van der Waals surface area (Å²) in [6, 6.07) is 64.5. The zero-order chi connectivity index (χ0) is 46.2. The molecule has 0 unspecified atom stereocenters. The molecule has 0 aromatic heterocycles. The van der Waals surface area contributed by atoms with Crippen molar-refractivity contribution in [1.29, 1.82) is 0 Å². The van der Waals surface area contributed by atoms with E-state index in [4.69, 9.17) is 18.9 Å². The summed E-state index contributed by atoms with van der Waals surface area (Å²) >= 11 is 0. The van der Waals surface area contributed by atoms with Gasteiger partial charge < -0.3 is 23.8 Å². The Labute approximate surface area is 387 Å². The van der Waals surface area contributed by atoms with Gasteiger partial charge in [0, 0.05) is 22.5 Å². The lowest BCUT2D eigenvalue weighted by atomic mass is 9.78. The monoisotopic (exact) mass is 869 g/mol. The second kappa shape index (κ2) is 19.7. The summed E-state index contributed by atoms with van der Waals surface area (Å²) in [4.78, 5) is 27.1. The van der Waals surface area contributed by atoms with Crippen LogP contribution in [0.4, 0.5) is 21.9 Å². The Morgan fingerprint density at radius 2 is 0.833 bits per heavy atom. The predicted octanol–water partition coefficient (Wildman–Crippen LogP) is 14.7. The molecule has 0 bridgehead atoms. The van der Waals surface area contributed by atoms with Crippen molar-refractivity contribution in [2.75, 3.05) is 19.1 Å². The van der Waals surface area contributed by atoms with Gasteiger partial charge >= 0.3 is 12.1 Å². The second-order valence-corrected chi connectivity index (χ2v) is 16.7. The molecule has 0 aliphatic heterocycles. The molecule has 0 atom stereocenters. The highest BCUT2D eigenvalue weighted by Gasteiger charge is 2.24. The minimum atomic E-state index is -0.844. The Bertz CT molecular complexity index is 2890. The van der Waals surface area contributed by atoms with E-state index >= 15 is 0 Å². The number of ether oxygens (including phenoxy) is 4. The van der Waals surface area contributed by atoms with Crippen molar-refractivity contribution in [3.05, 3.63) is 239 Å². The van der Waals surface area contributed by atoms with Crippen molar-refractivity contribution in [3.8, 4) is 28.4 Å². The average Bonchev–Trinajstić information content (AvgIpc) is 3.35. The molecule has 0 fully saturated rings. The van der Waals surface area contributed by atoms with Crippen molar-refractivity contribution in [1.82, 2.24) is 0 Å². The number of anilines is 3. The van der Waals surface area contributed by atoms with Gasteiger partial charge in [-0.15, -0.1) is 0 Å². The van der Waals surface area contributed by atoms with Crippen LogP contribution in [0.25, 0.3) is 22.8 Å². The zero-order valence-corrected chi connectivity index (χ0v) is 37.9. The normalized spacial score (nSPS) is 11.4. The lowest BCUT2D eigenvalue weighted by Crippen LogP contribution is -2.19. The topological polar surface area (TPSA) is 74.3 Å². The first-order valence-electron chi connectivity index (χ1n) is 21.8. The summed E-state index contributed by atoms with van der Waals surface area (Å²) in [5, 5.41) is 0. The number of aryl methyl sites for hydroxylation is 2. The molecule has 66 heavy (non-hydrogen) atoms. The fourth-order valence-corrected chi connectivity index (χ4v) is 7.84. The zero-order valence-electron chi connectivity index (χ0n) is 37.9. The van der Waals surface area contributed by atoms with Gasteiger partial charge in [-0.1, -0.05) is 134 Å². The van der Waals surface area contributed by atoms with Gasteiger partial charge in [0.1, 0.15) is 17.2 Å². The fraction of sp³-hybridized carbons (Fsp3) is 0.119. The van der Waals surface area contributed by atoms with Crippen LogP contribution in [0.5, 0.6) is 17.2 Å². The summed E-state index contributed by atoms with van der Waals surface area (Å²) in [7, 11) is 3.02. The number of carbonyl (C=O) groups is 2. The molecule has 8 aromatic rings. The Morgan fingerprint density at radius 1 is 0.455 bits per heavy atom. The van der Waals surface area contributed by atoms with Crippen LogP contribution >= 0.6 is 0 Å². The second-order valence-electron chi connectivity index (χ2n) is 16.7. The molecule has 7 nitrogen and oxygen atoms in total. The standard InChI is InChI=1S/C59H51NO6/c1-40-7-27-50(28-8-40)60(51-29-9-41(2)10-30-51)52-31-17-44(18-32-52)43-13-11-42(12-14-43)39-56(45-19-33-53(63-5)34-20-45)46-21-35-54(36-22-46)65-58(62)66-55-37-25-49(26-38-55)59(3,4)48-23-15-47(16-24-48)57(61)64-6/h7-39H,1-6H3. The van der Waals surface area contributed by atoms with E-state index in [-0.39, 0.29) is 11.4 Å². The van der Waals surface area contributed by atoms with Crippen LogP contribution in [-0.4, -0.2) is 26.3 Å². The molecule has 0 spiro atoms. The largest absolute Gasteiger partial charge is 0.519 e. The first-order chi connectivity index (χ1) is 32.0. The molecule has 0 radical (unpaired) electrons. The molecule has 7 heteroatoms. The van der Waals surface area contributed by atoms with Crippen molar-refractivity contribution < 1.29 is 28.5 Å². The predicted molar refractivity (Wildman–Crippen MR) is 265 cm³/mol. The summed E-state index contributed by atoms with van der Waals surface area (Å²) in [6.45, 7) is 8.39. The van der Waals surface area contributed by atoms with Crippen LogP contribution in [-0.2, 0) is 10.2 Å². The molecule has 0 saturated carbocycles. The van der Waals surface area contributed by atoms with Gasteiger partial charge in [-0.05, 0) is 149 Å². The summed E-state index contributed by atoms with van der Waals surface area (Å²) < 4.78 is 21.4. The first-order valence-corrected chi connectivity index (χ1v) is 21.8. The molecule has 8 rings (SSSR count). The maximum absolute atomic E-state index is 12.9. The van der Waals surface area contributed by atoms with E-state index in [2.05, 4.69) is 136 Å². The third-order valence-electron chi connectivity index (χ3n) is 11.8. The van der Waals surface area contributed by atoms with Crippen molar-refractivity contribution in [3.63, 3.8) is 0 Å². The van der Waals surface area contributed by atoms with Gasteiger partial charge in [-0.25, -0.2) is 9.59 Å². The maximum Gasteiger partial charge on any atom is 0.519 e. The Hall–Kier alpha value is -8.16. The third-order valence-corrected chi connectivity index (χ3v) is 11.8. The quantitative estimate of drug-likeness (QED) is 0.0649. The Kier molecular flexibility index (Phi) is 13.3. The Balaban J connectivity index is 0.965. The number of carbonyl (C=O) groups excluding carboxylic acids is 2. The average molecular weight is 870 g/mol. The van der Waals surface area contributed by atoms with E-state index in [0.717, 1.165) is 67.3 Å². The van der Waals surface area contributed by atoms with Gasteiger partial charge in [0.15, 0.2) is 0 Å². The number of methoxy groups -OCH3 is 2. The van der Waals surface area contributed by atoms with E-state index in [9.17, 15) is 9.59 Å². The summed E-state index contributed by atoms with van der Waals surface area (Å²) in [5.74, 6) is 1.09. The number of esters is 1. The van der Waals surface area contributed by atoms with E-state index in [1.165, 1.54) is 18.2 Å². The first kappa shape index (κ1) is 44.4. The van der Waals surface area contributed by atoms with E-state index < -0.39 is 6.16 Å². The van der Waals surface area contributed by atoms with Gasteiger partial charge in [0.05, 0.1) is 19.8 Å². The molecule has 0 aliphatic carbocycles. The molecular weight excluding hydrogens is 819 g/mol. The van der Waals surface area contributed by atoms with Crippen LogP contribution in [0.15, 0.2) is 194 Å². The Morgan fingerprint density at radius 3 is 1.27 bits per heavy atom. The minimum absolute atomic E-state index is 0.349. The van der Waals surface area contributed by atoms with E-state index in [0.29, 0.717) is 17.1 Å². The smallest absolute Gasteiger partial charge is 0.497 e. The number of benzene rings is 8. The van der Waals surface area contributed by atoms with Crippen LogP contribution < -0.4 is 19.1 Å². The highest BCUT2D eigenvalue weighted by atomic mass is 16.7. The van der Waals surface area contributed by atoms with Crippen LogP contribution in [0.3, 0.4) is 0 Å². The van der Waals surface area contributed by atoms with E-state index in [1.807, 2.05) is 60.7 Å². The van der Waals surface area contributed by atoms with Crippen molar-refractivity contribution in [2.24, 2.45) is 0 Å². The molecule has 328 valence electrons. The lowest BCUT2D eigenvalue weighted by Gasteiger charge is -2.26. The molecule has 0 heterocycles. The lowest BCUT2D eigenvalue weighted by molar-refractivity contribution is 0.0600. The van der Waals surface area contributed by atoms with Gasteiger partial charge in [-0.2, -0.15) is 0 Å². The van der Waals surface area contributed by atoms with Crippen LogP contribution in [0, 0.1) is 13.8 Å². The summed E-state index contributed by atoms with van der Waals surface area (Å²) in [5.41, 5.74) is 14.1. The molecule has 8 aromatic carbocycles. The minimum Gasteiger partial charge on any atom is -0.497 e. The molecule has 0 saturated heterocycles.